The van der Waals surface area contributed by atoms with Crippen LogP contribution in [0.2, 0.25) is 0 Å². The van der Waals surface area contributed by atoms with Crippen LogP contribution in [-0.4, -0.2) is 79.8 Å². The van der Waals surface area contributed by atoms with Crippen molar-refractivity contribution in [2.45, 2.75) is 285 Å². The molecule has 0 spiro atoms. The van der Waals surface area contributed by atoms with Crippen LogP contribution >= 0.6 is 0 Å². The first-order chi connectivity index (χ1) is 33.0. The van der Waals surface area contributed by atoms with Crippen LogP contribution in [0.4, 0.5) is 0 Å². The zero-order valence-electron chi connectivity index (χ0n) is 44.9. The van der Waals surface area contributed by atoms with Gasteiger partial charge in [-0.15, -0.1) is 0 Å². The molecule has 0 amide bonds. The molecule has 0 unspecified atom stereocenters. The second kappa shape index (κ2) is 53.4. The molecule has 0 heterocycles. The smallest absolute Gasteiger partial charge is 0.726 e. The summed E-state index contributed by atoms with van der Waals surface area (Å²) in [6.45, 7) is 8.14. The molecule has 0 saturated heterocycles. The van der Waals surface area contributed by atoms with Gasteiger partial charge in [-0.1, -0.05) is 259 Å². The second-order valence-corrected chi connectivity index (χ2v) is 25.3. The molecule has 0 aliphatic carbocycles. The molecule has 0 aromatic heterocycles. The van der Waals surface area contributed by atoms with Crippen LogP contribution in [0.15, 0.2) is 0 Å². The molecule has 0 aromatic rings. The maximum absolute atomic E-state index is 12.6. The third-order valence-electron chi connectivity index (χ3n) is 11.5. The fraction of sp³-hybridized carbons (Fsp3) is 1.00. The Morgan fingerprint density at radius 2 is 0.429 bits per heavy atom. The SMILES string of the molecule is CCCCCCCCCCCCOS(=O)(=O)[O-].CCCCCCCCCCCCOS(=O)(=O)[O][Al]([O]S(=O)(=O)OCCCCCCCCCCCC)[O]S(=O)(=O)OCCCCCCCCCCCC.[Na+]. The van der Waals surface area contributed by atoms with Gasteiger partial charge in [0.25, 0.3) is 0 Å². The van der Waals surface area contributed by atoms with Gasteiger partial charge in [-0.2, -0.15) is 25.3 Å². The number of rotatable bonds is 54. The van der Waals surface area contributed by atoms with Crippen LogP contribution < -0.4 is 29.6 Å². The van der Waals surface area contributed by atoms with E-state index in [1.807, 2.05) is 0 Å². The molecule has 0 N–H and O–H groups in total. The normalized spacial score (nSPS) is 12.2. The molecule has 0 atom stereocenters. The van der Waals surface area contributed by atoms with Gasteiger partial charge in [-0.05, 0) is 25.7 Å². The van der Waals surface area contributed by atoms with E-state index in [4.69, 9.17) is 22.3 Å². The van der Waals surface area contributed by atoms with E-state index >= 15 is 0 Å². The predicted molar refractivity (Wildman–Crippen MR) is 277 cm³/mol. The molecule has 0 aromatic carbocycles. The first-order valence-corrected chi connectivity index (χ1v) is 34.1. The molecular formula is C48H100AlNaO16S4. The van der Waals surface area contributed by atoms with Crippen LogP contribution in [-0.2, 0) is 68.0 Å². The zero-order chi connectivity index (χ0) is 51.6. The van der Waals surface area contributed by atoms with E-state index in [9.17, 15) is 38.2 Å². The second-order valence-electron chi connectivity index (χ2n) is 18.2. The van der Waals surface area contributed by atoms with E-state index in [0.29, 0.717) is 25.7 Å². The van der Waals surface area contributed by atoms with Gasteiger partial charge in [-0.25, -0.2) is 8.42 Å². The Morgan fingerprint density at radius 3 is 0.600 bits per heavy atom. The van der Waals surface area contributed by atoms with Crippen LogP contribution in [0, 0.1) is 0 Å². The van der Waals surface area contributed by atoms with Gasteiger partial charge in [0.15, 0.2) is 0 Å². The van der Waals surface area contributed by atoms with Gasteiger partial charge < -0.3 is 14.3 Å². The molecular weight excluding hydrogens is 1010 g/mol. The minimum atomic E-state index is -4.86. The summed E-state index contributed by atoms with van der Waals surface area (Å²) in [6, 6.07) is 0. The van der Waals surface area contributed by atoms with Gasteiger partial charge >= 0.3 is 75.9 Å². The Kier molecular flexibility index (Phi) is 57.4. The van der Waals surface area contributed by atoms with Crippen molar-refractivity contribution in [1.29, 1.82) is 0 Å². The van der Waals surface area contributed by atoms with Gasteiger partial charge in [0.05, 0.1) is 26.4 Å². The van der Waals surface area contributed by atoms with Crippen LogP contribution in [0.25, 0.3) is 0 Å². The zero-order valence-corrected chi connectivity index (χ0v) is 51.3. The van der Waals surface area contributed by atoms with Crippen molar-refractivity contribution in [3.8, 4) is 0 Å². The van der Waals surface area contributed by atoms with E-state index < -0.39 is 56.7 Å². The number of hydrogen-bond donors (Lipinski definition) is 0. The van der Waals surface area contributed by atoms with E-state index in [2.05, 4.69) is 31.9 Å². The summed E-state index contributed by atoms with van der Waals surface area (Å²) in [5.41, 5.74) is 0. The van der Waals surface area contributed by atoms with Gasteiger partial charge in [0.1, 0.15) is 0 Å². The van der Waals surface area contributed by atoms with Crippen molar-refractivity contribution in [1.82, 2.24) is 0 Å². The summed E-state index contributed by atoms with van der Waals surface area (Å²) in [5, 5.41) is 0. The minimum Gasteiger partial charge on any atom is -0.726 e. The summed E-state index contributed by atoms with van der Waals surface area (Å²) in [5.74, 6) is 0. The molecule has 0 fully saturated rings. The number of hydrogen-bond acceptors (Lipinski definition) is 16. The summed E-state index contributed by atoms with van der Waals surface area (Å²) in [6.07, 6.45) is 42.8. The molecule has 0 radical (unpaired) electrons. The standard InChI is InChI=1S/4C12H26O4S.Al.Na/c4*1-2-3-4-5-6-7-8-9-10-11-12-16-17(13,14)15;;/h4*2-12H2,1H3,(H,13,14,15);;/q;;;;+3;+1/p-4. The molecule has 22 heteroatoms. The van der Waals surface area contributed by atoms with Crippen LogP contribution in [0.5, 0.6) is 0 Å². The fourth-order valence-electron chi connectivity index (χ4n) is 7.42. The summed E-state index contributed by atoms with van der Waals surface area (Å²) < 4.78 is 139. The quantitative estimate of drug-likeness (QED) is 0.0239. The minimum absolute atomic E-state index is 0. The molecule has 16 nitrogen and oxygen atoms in total. The molecule has 70 heavy (non-hydrogen) atoms. The maximum Gasteiger partial charge on any atom is 1.00 e. The van der Waals surface area contributed by atoms with E-state index in [1.54, 1.807) is 0 Å². The number of unbranched alkanes of at least 4 members (excludes halogenated alkanes) is 36. The Hall–Kier alpha value is 1.01. The van der Waals surface area contributed by atoms with Crippen LogP contribution in [0.1, 0.15) is 285 Å². The average molecular weight is 1110 g/mol. The first-order valence-electron chi connectivity index (χ1n) is 27.4. The Morgan fingerprint density at radius 1 is 0.271 bits per heavy atom. The van der Waals surface area contributed by atoms with Crippen molar-refractivity contribution in [2.75, 3.05) is 26.4 Å². The summed E-state index contributed by atoms with van der Waals surface area (Å²) in [7, 11) is -19.1. The molecule has 0 rings (SSSR count). The van der Waals surface area contributed by atoms with Gasteiger partial charge in [0, 0.05) is 0 Å². The predicted octanol–water partition coefficient (Wildman–Crippen LogP) is 11.0. The van der Waals surface area contributed by atoms with Crippen molar-refractivity contribution in [3.63, 3.8) is 0 Å². The Balaban J connectivity index is -0.00000210. The fourth-order valence-corrected chi connectivity index (χ4v) is 12.9. The van der Waals surface area contributed by atoms with Gasteiger partial charge in [0.2, 0.25) is 10.4 Å². The summed E-state index contributed by atoms with van der Waals surface area (Å²) >= 11 is -4.51. The molecule has 0 saturated carbocycles. The van der Waals surface area contributed by atoms with Gasteiger partial charge in [-0.3, -0.25) is 16.7 Å². The first kappa shape index (κ1) is 75.3. The van der Waals surface area contributed by atoms with E-state index in [1.165, 1.54) is 141 Å². The van der Waals surface area contributed by atoms with Crippen molar-refractivity contribution in [3.05, 3.63) is 0 Å². The Bertz CT molecular complexity index is 1400. The van der Waals surface area contributed by atoms with Crippen molar-refractivity contribution >= 4 is 56.7 Å². The average Bonchev–Trinajstić information content (AvgIpc) is 3.27. The molecule has 0 aliphatic rings. The molecule has 0 aliphatic heterocycles. The topological polar surface area (TPSA) is 224 Å². The van der Waals surface area contributed by atoms with E-state index in [0.717, 1.165) is 89.9 Å². The molecule has 416 valence electrons. The monoisotopic (exact) mass is 1110 g/mol. The third kappa shape index (κ3) is 61.6. The summed E-state index contributed by atoms with van der Waals surface area (Å²) in [4.78, 5) is 0. The van der Waals surface area contributed by atoms with E-state index in [-0.39, 0.29) is 56.0 Å². The molecule has 0 bridgehead atoms. The largest absolute Gasteiger partial charge is 1.00 e. The van der Waals surface area contributed by atoms with Crippen molar-refractivity contribution < 1.29 is 94.2 Å². The maximum atomic E-state index is 12.6. The Labute approximate surface area is 458 Å². The van der Waals surface area contributed by atoms with Crippen LogP contribution in [0.3, 0.4) is 0 Å². The van der Waals surface area contributed by atoms with Crippen molar-refractivity contribution in [2.24, 2.45) is 0 Å². The third-order valence-corrected chi connectivity index (χ3v) is 18.0.